The molecule has 0 radical (unpaired) electrons. The van der Waals surface area contributed by atoms with Crippen LogP contribution in [0.2, 0.25) is 0 Å². The Labute approximate surface area is 245 Å². The van der Waals surface area contributed by atoms with E-state index in [1.165, 1.54) is 25.3 Å². The normalized spacial score (nSPS) is 11.9. The third-order valence-electron chi connectivity index (χ3n) is 7.01. The lowest BCUT2D eigenvalue weighted by Crippen LogP contribution is -2.54. The molecule has 8 nitrogen and oxygen atoms in total. The molecule has 0 aliphatic carbocycles. The third-order valence-corrected chi connectivity index (χ3v) is 7.01. The maximum absolute atomic E-state index is 14.1. The molecule has 216 valence electrons. The molecule has 8 heteroatoms. The summed E-state index contributed by atoms with van der Waals surface area (Å²) < 4.78 is 15.8. The summed E-state index contributed by atoms with van der Waals surface area (Å²) in [7, 11) is 4.64. The Hall–Kier alpha value is -5.08. The number of rotatable bonds is 10. The van der Waals surface area contributed by atoms with Crippen LogP contribution in [0.25, 0.3) is 6.08 Å². The van der Waals surface area contributed by atoms with Crippen molar-refractivity contribution in [2.75, 3.05) is 21.3 Å². The highest BCUT2D eigenvalue weighted by Crippen LogP contribution is 2.33. The van der Waals surface area contributed by atoms with E-state index >= 15 is 0 Å². The van der Waals surface area contributed by atoms with E-state index in [-0.39, 0.29) is 11.1 Å². The molecule has 0 bridgehead atoms. The maximum Gasteiger partial charge on any atom is 0.279 e. The molecule has 42 heavy (non-hydrogen) atoms. The first-order valence-electron chi connectivity index (χ1n) is 13.3. The smallest absolute Gasteiger partial charge is 0.279 e. The van der Waals surface area contributed by atoms with E-state index in [0.717, 1.165) is 11.1 Å². The molecule has 0 fully saturated rings. The van der Waals surface area contributed by atoms with E-state index in [1.807, 2.05) is 42.5 Å². The van der Waals surface area contributed by atoms with Gasteiger partial charge in [0.15, 0.2) is 5.60 Å². The van der Waals surface area contributed by atoms with E-state index < -0.39 is 23.5 Å². The van der Waals surface area contributed by atoms with Crippen LogP contribution < -0.4 is 19.6 Å². The van der Waals surface area contributed by atoms with Crippen LogP contribution in [0.3, 0.4) is 0 Å². The van der Waals surface area contributed by atoms with Crippen LogP contribution in [0.15, 0.2) is 109 Å². The highest BCUT2D eigenvalue weighted by atomic mass is 16.5. The van der Waals surface area contributed by atoms with Crippen molar-refractivity contribution in [3.05, 3.63) is 131 Å². The van der Waals surface area contributed by atoms with Crippen molar-refractivity contribution in [2.24, 2.45) is 0 Å². The number of carbonyl (C=O) groups is 2. The number of benzene rings is 4. The summed E-state index contributed by atoms with van der Waals surface area (Å²) in [6.45, 7) is 1.79. The van der Waals surface area contributed by atoms with Gasteiger partial charge < -0.3 is 19.3 Å². The molecule has 0 aromatic heterocycles. The van der Waals surface area contributed by atoms with Gasteiger partial charge in [-0.25, -0.2) is 5.01 Å². The van der Waals surface area contributed by atoms with Crippen LogP contribution in [-0.4, -0.2) is 43.3 Å². The molecule has 0 saturated heterocycles. The van der Waals surface area contributed by atoms with E-state index in [1.54, 1.807) is 80.8 Å². The number of nitrogens with one attached hydrogen (secondary N) is 1. The van der Waals surface area contributed by atoms with Crippen LogP contribution in [0.5, 0.6) is 17.2 Å². The number of amides is 2. The molecule has 4 aromatic rings. The molecule has 2 N–H and O–H groups in total. The van der Waals surface area contributed by atoms with Crippen molar-refractivity contribution in [3.8, 4) is 17.2 Å². The highest BCUT2D eigenvalue weighted by Gasteiger charge is 2.42. The number of nitrogens with zero attached hydrogens (tertiary/aromatic N) is 1. The summed E-state index contributed by atoms with van der Waals surface area (Å²) in [4.78, 5) is 27.8. The van der Waals surface area contributed by atoms with Crippen LogP contribution in [0.4, 0.5) is 0 Å². The fraction of sp³-hybridized carbons (Fsp3) is 0.176. The first-order chi connectivity index (χ1) is 20.3. The Balaban J connectivity index is 1.74. The minimum Gasteiger partial charge on any atom is -0.497 e. The predicted molar refractivity (Wildman–Crippen MR) is 161 cm³/mol. The fourth-order valence-electron chi connectivity index (χ4n) is 4.47. The summed E-state index contributed by atoms with van der Waals surface area (Å²) in [6.07, 6.45) is 3.05. The van der Waals surface area contributed by atoms with Crippen LogP contribution in [0.1, 0.15) is 35.2 Å². The predicted octanol–water partition coefficient (Wildman–Crippen LogP) is 5.28. The Morgan fingerprint density at radius 2 is 1.19 bits per heavy atom. The second-order valence-corrected chi connectivity index (χ2v) is 9.51. The van der Waals surface area contributed by atoms with Crippen molar-refractivity contribution in [1.29, 1.82) is 0 Å². The van der Waals surface area contributed by atoms with Gasteiger partial charge in [-0.2, -0.15) is 0 Å². The van der Waals surface area contributed by atoms with Gasteiger partial charge in [0.1, 0.15) is 17.2 Å². The molecule has 1 atom stereocenters. The zero-order chi connectivity index (χ0) is 30.1. The van der Waals surface area contributed by atoms with Gasteiger partial charge in [0.25, 0.3) is 11.8 Å². The van der Waals surface area contributed by atoms with Gasteiger partial charge in [0, 0.05) is 6.08 Å². The molecule has 0 spiro atoms. The average molecular weight is 567 g/mol. The quantitative estimate of drug-likeness (QED) is 0.200. The number of methoxy groups -OCH3 is 3. The Kier molecular flexibility index (Phi) is 9.62. The van der Waals surface area contributed by atoms with Gasteiger partial charge in [0.2, 0.25) is 0 Å². The molecular weight excluding hydrogens is 532 g/mol. The second kappa shape index (κ2) is 13.5. The monoisotopic (exact) mass is 566 g/mol. The van der Waals surface area contributed by atoms with E-state index in [0.29, 0.717) is 17.2 Å². The van der Waals surface area contributed by atoms with E-state index in [9.17, 15) is 14.7 Å². The van der Waals surface area contributed by atoms with Crippen molar-refractivity contribution in [1.82, 2.24) is 10.4 Å². The van der Waals surface area contributed by atoms with Gasteiger partial charge in [-0.1, -0.05) is 66.7 Å². The van der Waals surface area contributed by atoms with Crippen LogP contribution in [0, 0.1) is 0 Å². The van der Waals surface area contributed by atoms with Gasteiger partial charge in [-0.05, 0) is 71.7 Å². The Morgan fingerprint density at radius 3 is 1.64 bits per heavy atom. The van der Waals surface area contributed by atoms with Gasteiger partial charge in [0.05, 0.1) is 27.4 Å². The van der Waals surface area contributed by atoms with Crippen molar-refractivity contribution < 1.29 is 28.9 Å². The van der Waals surface area contributed by atoms with Crippen molar-refractivity contribution >= 4 is 17.9 Å². The summed E-state index contributed by atoms with van der Waals surface area (Å²) in [6, 6.07) is 29.0. The topological polar surface area (TPSA) is 97.3 Å². The summed E-state index contributed by atoms with van der Waals surface area (Å²) >= 11 is 0. The zero-order valence-electron chi connectivity index (χ0n) is 24.0. The lowest BCUT2D eigenvalue weighted by atomic mass is 9.85. The second-order valence-electron chi connectivity index (χ2n) is 9.51. The summed E-state index contributed by atoms with van der Waals surface area (Å²) in [5, 5.41) is 13.4. The Bertz CT molecular complexity index is 1450. The van der Waals surface area contributed by atoms with Crippen LogP contribution >= 0.6 is 0 Å². The number of hydrogen-bond donors (Lipinski definition) is 2. The molecule has 1 unspecified atom stereocenters. The fourth-order valence-corrected chi connectivity index (χ4v) is 4.47. The SMILES string of the molecule is COc1ccc(C(C)N(NC(=O)C(O)(c2ccc(OC)cc2)c2ccc(OC)cc2)C(=O)/C=C/c2ccccc2)cc1. The average Bonchev–Trinajstić information content (AvgIpc) is 3.05. The number of carbonyl (C=O) groups excluding carboxylic acids is 2. The minimum absolute atomic E-state index is 0.287. The van der Waals surface area contributed by atoms with Crippen molar-refractivity contribution in [2.45, 2.75) is 18.6 Å². The molecule has 4 rings (SSSR count). The third kappa shape index (κ3) is 6.62. The molecule has 0 aliphatic heterocycles. The molecule has 0 heterocycles. The largest absolute Gasteiger partial charge is 0.497 e. The van der Waals surface area contributed by atoms with Crippen molar-refractivity contribution in [3.63, 3.8) is 0 Å². The summed E-state index contributed by atoms with van der Waals surface area (Å²) in [5.41, 5.74) is 2.70. The Morgan fingerprint density at radius 1 is 0.738 bits per heavy atom. The van der Waals surface area contributed by atoms with E-state index in [4.69, 9.17) is 14.2 Å². The first-order valence-corrected chi connectivity index (χ1v) is 13.3. The number of aliphatic hydroxyl groups is 1. The molecular formula is C34H34N2O6. The highest BCUT2D eigenvalue weighted by molar-refractivity contribution is 5.96. The molecule has 2 amide bonds. The lowest BCUT2D eigenvalue weighted by Gasteiger charge is -2.34. The number of hydrogen-bond acceptors (Lipinski definition) is 6. The lowest BCUT2D eigenvalue weighted by molar-refractivity contribution is -0.150. The zero-order valence-corrected chi connectivity index (χ0v) is 24.0. The van der Waals surface area contributed by atoms with E-state index in [2.05, 4.69) is 5.43 Å². The summed E-state index contributed by atoms with van der Waals surface area (Å²) in [5.74, 6) is 0.478. The number of ether oxygens (including phenoxy) is 3. The number of hydrazine groups is 1. The van der Waals surface area contributed by atoms with Gasteiger partial charge in [-0.15, -0.1) is 0 Å². The minimum atomic E-state index is -2.17. The molecule has 0 aliphatic rings. The standard InChI is InChI=1S/C34H34N2O6/c1-24(26-11-17-29(40-2)18-12-26)36(32(37)23-10-25-8-6-5-7-9-25)35-33(38)34(39,27-13-19-30(41-3)20-14-27)28-15-21-31(42-4)22-16-28/h5-24,39H,1-4H3,(H,35,38)/b23-10+. The molecule has 4 aromatic carbocycles. The molecule has 0 saturated carbocycles. The van der Waals surface area contributed by atoms with Crippen LogP contribution in [-0.2, 0) is 15.2 Å². The van der Waals surface area contributed by atoms with Gasteiger partial charge in [-0.3, -0.25) is 15.0 Å². The maximum atomic E-state index is 14.1. The first kappa shape index (κ1) is 29.9. The van der Waals surface area contributed by atoms with Gasteiger partial charge >= 0.3 is 0 Å².